The van der Waals surface area contributed by atoms with Gasteiger partial charge in [0.1, 0.15) is 0 Å². The van der Waals surface area contributed by atoms with Gasteiger partial charge in [-0.1, -0.05) is 28.1 Å². The van der Waals surface area contributed by atoms with Gasteiger partial charge < -0.3 is 5.32 Å². The quantitative estimate of drug-likeness (QED) is 0.759. The van der Waals surface area contributed by atoms with Crippen LogP contribution in [0, 0.1) is 0 Å². The third kappa shape index (κ3) is 2.26. The Bertz CT molecular complexity index is 665. The van der Waals surface area contributed by atoms with Crippen molar-refractivity contribution in [1.29, 1.82) is 0 Å². The predicted octanol–water partition coefficient (Wildman–Crippen LogP) is 4.67. The molecular formula is C14H11BrN2S. The second kappa shape index (κ2) is 5.08. The van der Waals surface area contributed by atoms with Crippen LogP contribution in [-0.2, 0) is 6.54 Å². The molecule has 4 heteroatoms. The van der Waals surface area contributed by atoms with Crippen LogP contribution in [0.1, 0.15) is 5.56 Å². The molecule has 0 bridgehead atoms. The van der Waals surface area contributed by atoms with Gasteiger partial charge in [0.2, 0.25) is 0 Å². The Morgan fingerprint density at radius 3 is 3.00 bits per heavy atom. The van der Waals surface area contributed by atoms with Crippen LogP contribution in [0.3, 0.4) is 0 Å². The molecular weight excluding hydrogens is 308 g/mol. The summed E-state index contributed by atoms with van der Waals surface area (Å²) >= 11 is 5.26. The van der Waals surface area contributed by atoms with Crippen LogP contribution < -0.4 is 5.32 Å². The van der Waals surface area contributed by atoms with E-state index >= 15 is 0 Å². The summed E-state index contributed by atoms with van der Waals surface area (Å²) in [4.78, 5) is 4.47. The summed E-state index contributed by atoms with van der Waals surface area (Å²) in [6.45, 7) is 0.789. The molecule has 0 aliphatic rings. The van der Waals surface area contributed by atoms with Crippen LogP contribution in [-0.4, -0.2) is 4.98 Å². The lowest BCUT2D eigenvalue weighted by atomic mass is 10.1. The molecule has 0 fully saturated rings. The van der Waals surface area contributed by atoms with Crippen molar-refractivity contribution in [3.05, 3.63) is 57.3 Å². The minimum Gasteiger partial charge on any atom is -0.380 e. The molecule has 90 valence electrons. The van der Waals surface area contributed by atoms with Gasteiger partial charge in [-0.3, -0.25) is 4.98 Å². The zero-order valence-electron chi connectivity index (χ0n) is 9.56. The van der Waals surface area contributed by atoms with Crippen LogP contribution in [0.15, 0.2) is 51.8 Å². The molecule has 1 aromatic carbocycles. The van der Waals surface area contributed by atoms with Crippen molar-refractivity contribution >= 4 is 43.9 Å². The fourth-order valence-electron chi connectivity index (χ4n) is 1.90. The van der Waals surface area contributed by atoms with Gasteiger partial charge in [-0.15, -0.1) is 0 Å². The zero-order chi connectivity index (χ0) is 12.4. The van der Waals surface area contributed by atoms with E-state index in [-0.39, 0.29) is 0 Å². The topological polar surface area (TPSA) is 24.9 Å². The van der Waals surface area contributed by atoms with E-state index < -0.39 is 0 Å². The molecule has 18 heavy (non-hydrogen) atoms. The molecule has 0 spiro atoms. The standard InChI is InChI=1S/C14H11BrN2S/c15-13-4-3-10(8-17-11-5-7-18-9-11)14-12(13)2-1-6-16-14/h1-7,9,17H,8H2. The van der Waals surface area contributed by atoms with Gasteiger partial charge in [-0.2, -0.15) is 11.3 Å². The highest BCUT2D eigenvalue weighted by Gasteiger charge is 2.05. The van der Waals surface area contributed by atoms with Crippen LogP contribution in [0.25, 0.3) is 10.9 Å². The van der Waals surface area contributed by atoms with Gasteiger partial charge in [0.25, 0.3) is 0 Å². The van der Waals surface area contributed by atoms with Crippen LogP contribution >= 0.6 is 27.3 Å². The minimum atomic E-state index is 0.789. The maximum Gasteiger partial charge on any atom is 0.0763 e. The lowest BCUT2D eigenvalue weighted by molar-refractivity contribution is 1.16. The highest BCUT2D eigenvalue weighted by atomic mass is 79.9. The van der Waals surface area contributed by atoms with E-state index in [0.29, 0.717) is 0 Å². The molecule has 0 aliphatic heterocycles. The highest BCUT2D eigenvalue weighted by molar-refractivity contribution is 9.10. The van der Waals surface area contributed by atoms with E-state index in [0.717, 1.165) is 27.6 Å². The second-order valence-electron chi connectivity index (χ2n) is 3.97. The molecule has 0 aliphatic carbocycles. The number of thiophene rings is 1. The molecule has 0 amide bonds. The summed E-state index contributed by atoms with van der Waals surface area (Å²) in [5.74, 6) is 0. The van der Waals surface area contributed by atoms with Crippen molar-refractivity contribution in [2.75, 3.05) is 5.32 Å². The Labute approximate surface area is 118 Å². The largest absolute Gasteiger partial charge is 0.380 e. The fourth-order valence-corrected chi connectivity index (χ4v) is 2.97. The molecule has 0 unspecified atom stereocenters. The van der Waals surface area contributed by atoms with Crippen molar-refractivity contribution in [2.45, 2.75) is 6.54 Å². The van der Waals surface area contributed by atoms with E-state index in [9.17, 15) is 0 Å². The SMILES string of the molecule is Brc1ccc(CNc2ccsc2)c2ncccc12. The first-order valence-electron chi connectivity index (χ1n) is 5.63. The van der Waals surface area contributed by atoms with Gasteiger partial charge >= 0.3 is 0 Å². The number of nitrogens with one attached hydrogen (secondary N) is 1. The van der Waals surface area contributed by atoms with Gasteiger partial charge in [0, 0.05) is 33.7 Å². The van der Waals surface area contributed by atoms with E-state index in [2.05, 4.69) is 61.3 Å². The lowest BCUT2D eigenvalue weighted by Crippen LogP contribution is -2.00. The van der Waals surface area contributed by atoms with E-state index in [1.54, 1.807) is 11.3 Å². The Kier molecular flexibility index (Phi) is 3.30. The van der Waals surface area contributed by atoms with Crippen molar-refractivity contribution in [1.82, 2.24) is 4.98 Å². The van der Waals surface area contributed by atoms with Crippen LogP contribution in [0.5, 0.6) is 0 Å². The molecule has 0 radical (unpaired) electrons. The normalized spacial score (nSPS) is 10.7. The number of pyridine rings is 1. The Morgan fingerprint density at radius 2 is 2.17 bits per heavy atom. The van der Waals surface area contributed by atoms with Gasteiger partial charge in [-0.05, 0) is 29.1 Å². The second-order valence-corrected chi connectivity index (χ2v) is 5.61. The van der Waals surface area contributed by atoms with Crippen molar-refractivity contribution < 1.29 is 0 Å². The number of rotatable bonds is 3. The predicted molar refractivity (Wildman–Crippen MR) is 81.1 cm³/mol. The summed E-state index contributed by atoms with van der Waals surface area (Å²) in [6, 6.07) is 10.3. The molecule has 0 saturated carbocycles. The number of fused-ring (bicyclic) bond motifs is 1. The highest BCUT2D eigenvalue weighted by Crippen LogP contribution is 2.25. The third-order valence-electron chi connectivity index (χ3n) is 2.80. The number of hydrogen-bond acceptors (Lipinski definition) is 3. The summed E-state index contributed by atoms with van der Waals surface area (Å²) in [5, 5.41) is 8.74. The fraction of sp³-hybridized carbons (Fsp3) is 0.0714. The maximum absolute atomic E-state index is 4.47. The molecule has 0 atom stereocenters. The average molecular weight is 319 g/mol. The van der Waals surface area contributed by atoms with Crippen molar-refractivity contribution in [3.8, 4) is 0 Å². The number of anilines is 1. The summed E-state index contributed by atoms with van der Waals surface area (Å²) in [7, 11) is 0. The third-order valence-corrected chi connectivity index (χ3v) is 4.18. The number of hydrogen-bond donors (Lipinski definition) is 1. The zero-order valence-corrected chi connectivity index (χ0v) is 12.0. The monoisotopic (exact) mass is 318 g/mol. The first-order valence-corrected chi connectivity index (χ1v) is 7.36. The lowest BCUT2D eigenvalue weighted by Gasteiger charge is -2.08. The van der Waals surface area contributed by atoms with Gasteiger partial charge in [-0.25, -0.2) is 0 Å². The molecule has 2 heterocycles. The number of nitrogens with zero attached hydrogens (tertiary/aromatic N) is 1. The molecule has 0 saturated heterocycles. The average Bonchev–Trinajstić information content (AvgIpc) is 2.92. The summed E-state index contributed by atoms with van der Waals surface area (Å²) in [6.07, 6.45) is 1.84. The molecule has 3 rings (SSSR count). The van der Waals surface area contributed by atoms with Gasteiger partial charge in [0.15, 0.2) is 0 Å². The first-order chi connectivity index (χ1) is 8.84. The molecule has 2 nitrogen and oxygen atoms in total. The van der Waals surface area contributed by atoms with Crippen molar-refractivity contribution in [2.24, 2.45) is 0 Å². The first kappa shape index (κ1) is 11.7. The van der Waals surface area contributed by atoms with E-state index in [1.807, 2.05) is 12.3 Å². The Hall–Kier alpha value is -1.39. The van der Waals surface area contributed by atoms with E-state index in [4.69, 9.17) is 0 Å². The maximum atomic E-state index is 4.47. The number of aromatic nitrogens is 1. The van der Waals surface area contributed by atoms with Crippen LogP contribution in [0.2, 0.25) is 0 Å². The molecule has 1 N–H and O–H groups in total. The summed E-state index contributed by atoms with van der Waals surface area (Å²) < 4.78 is 1.09. The number of halogens is 1. The number of benzene rings is 1. The Balaban J connectivity index is 1.94. The smallest absolute Gasteiger partial charge is 0.0763 e. The van der Waals surface area contributed by atoms with Gasteiger partial charge in [0.05, 0.1) is 5.52 Å². The molecule has 3 aromatic rings. The van der Waals surface area contributed by atoms with Crippen molar-refractivity contribution in [3.63, 3.8) is 0 Å². The van der Waals surface area contributed by atoms with Crippen LogP contribution in [0.4, 0.5) is 5.69 Å². The molecule has 2 aromatic heterocycles. The Morgan fingerprint density at radius 1 is 1.22 bits per heavy atom. The van der Waals surface area contributed by atoms with E-state index in [1.165, 1.54) is 5.56 Å². The summed E-state index contributed by atoms with van der Waals surface area (Å²) in [5.41, 5.74) is 3.42. The minimum absolute atomic E-state index is 0.789.